The van der Waals surface area contributed by atoms with Crippen molar-refractivity contribution in [3.8, 4) is 0 Å². The van der Waals surface area contributed by atoms with Crippen molar-refractivity contribution in [2.75, 3.05) is 6.54 Å². The molecule has 1 aromatic rings. The van der Waals surface area contributed by atoms with Crippen molar-refractivity contribution in [2.24, 2.45) is 0 Å². The zero-order chi connectivity index (χ0) is 12.0. The van der Waals surface area contributed by atoms with Gasteiger partial charge in [0.2, 0.25) is 0 Å². The van der Waals surface area contributed by atoms with E-state index in [1.165, 1.54) is 4.88 Å². The highest BCUT2D eigenvalue weighted by molar-refractivity contribution is 7.09. The monoisotopic (exact) mass is 242 g/mol. The Morgan fingerprint density at radius 2 is 2.31 bits per heavy atom. The smallest absolute Gasteiger partial charge is 0.323 e. The summed E-state index contributed by atoms with van der Waals surface area (Å²) in [6.07, 6.45) is 0.748. The molecular weight excluding hydrogens is 228 g/mol. The molecule has 0 radical (unpaired) electrons. The van der Waals surface area contributed by atoms with Crippen LogP contribution in [0.5, 0.6) is 0 Å². The van der Waals surface area contributed by atoms with Crippen LogP contribution in [0.1, 0.15) is 11.8 Å². The first kappa shape index (κ1) is 12.5. The molecule has 16 heavy (non-hydrogen) atoms. The number of aliphatic carboxylic acids is 1. The van der Waals surface area contributed by atoms with Crippen LogP contribution >= 0.6 is 11.3 Å². The third-order valence-electron chi connectivity index (χ3n) is 1.87. The van der Waals surface area contributed by atoms with Crippen LogP contribution in [0.4, 0.5) is 4.79 Å². The van der Waals surface area contributed by atoms with Gasteiger partial charge in [-0.2, -0.15) is 0 Å². The quantitative estimate of drug-likeness (QED) is 0.722. The van der Waals surface area contributed by atoms with E-state index in [0.717, 1.165) is 6.42 Å². The highest BCUT2D eigenvalue weighted by Crippen LogP contribution is 2.10. The molecule has 0 saturated heterocycles. The number of hydrogen-bond donors (Lipinski definition) is 3. The number of nitrogens with one attached hydrogen (secondary N) is 2. The minimum Gasteiger partial charge on any atom is -0.480 e. The summed E-state index contributed by atoms with van der Waals surface area (Å²) in [5, 5.41) is 15.3. The molecule has 1 atom stereocenters. The van der Waals surface area contributed by atoms with Crippen LogP contribution < -0.4 is 10.6 Å². The molecule has 1 rings (SSSR count). The van der Waals surface area contributed by atoms with Gasteiger partial charge in [0.15, 0.2) is 0 Å². The fourth-order valence-corrected chi connectivity index (χ4v) is 2.05. The molecule has 0 bridgehead atoms. The van der Waals surface area contributed by atoms with E-state index in [1.807, 2.05) is 24.4 Å². The molecule has 0 fully saturated rings. The number of carbonyl (C=O) groups excluding carboxylic acids is 1. The van der Waals surface area contributed by atoms with Crippen LogP contribution in [-0.2, 0) is 11.2 Å². The van der Waals surface area contributed by atoms with Gasteiger partial charge < -0.3 is 15.7 Å². The lowest BCUT2D eigenvalue weighted by molar-refractivity contribution is -0.135. The maximum atomic E-state index is 11.2. The number of carboxylic acid groups (broad SMARTS) is 1. The van der Waals surface area contributed by atoms with Crippen molar-refractivity contribution < 1.29 is 14.7 Å². The second-order valence-electron chi connectivity index (χ2n) is 3.41. The summed E-state index contributed by atoms with van der Waals surface area (Å²) < 4.78 is 0. The summed E-state index contributed by atoms with van der Waals surface area (Å²) in [5.74, 6) is -1.05. The summed E-state index contributed by atoms with van der Waals surface area (Å²) in [4.78, 5) is 22.6. The Balaban J connectivity index is 2.25. The molecule has 0 aliphatic rings. The lowest BCUT2D eigenvalue weighted by atomic mass is 10.2. The largest absolute Gasteiger partial charge is 0.480 e. The van der Waals surface area contributed by atoms with E-state index in [2.05, 4.69) is 10.6 Å². The number of urea groups is 1. The summed E-state index contributed by atoms with van der Waals surface area (Å²) in [5.41, 5.74) is 0. The van der Waals surface area contributed by atoms with Gasteiger partial charge in [0.05, 0.1) is 0 Å². The summed E-state index contributed by atoms with van der Waals surface area (Å²) >= 11 is 1.63. The standard InChI is InChI=1S/C10H14N2O3S/c1-7(5-8-3-2-4-16-8)12-10(15)11-6-9(13)14/h2-4,7H,5-6H2,1H3,(H,13,14)(H2,11,12,15). The average molecular weight is 242 g/mol. The molecule has 3 N–H and O–H groups in total. The Labute approximate surface area is 97.5 Å². The molecule has 1 aromatic heterocycles. The molecule has 0 aliphatic heterocycles. The molecule has 1 unspecified atom stereocenters. The minimum absolute atomic E-state index is 0.0209. The van der Waals surface area contributed by atoms with Crippen molar-refractivity contribution >= 4 is 23.3 Å². The van der Waals surface area contributed by atoms with Gasteiger partial charge in [-0.25, -0.2) is 4.79 Å². The van der Waals surface area contributed by atoms with Gasteiger partial charge in [0, 0.05) is 17.3 Å². The predicted octanol–water partition coefficient (Wildman–Crippen LogP) is 1.06. The predicted molar refractivity (Wildman–Crippen MR) is 61.7 cm³/mol. The fourth-order valence-electron chi connectivity index (χ4n) is 1.21. The number of hydrogen-bond acceptors (Lipinski definition) is 3. The summed E-state index contributed by atoms with van der Waals surface area (Å²) in [6, 6.07) is 3.48. The van der Waals surface area contributed by atoms with E-state index < -0.39 is 12.0 Å². The molecule has 5 nitrogen and oxygen atoms in total. The molecule has 2 amide bonds. The van der Waals surface area contributed by atoms with Gasteiger partial charge in [-0.3, -0.25) is 4.79 Å². The lowest BCUT2D eigenvalue weighted by Crippen LogP contribution is -2.43. The van der Waals surface area contributed by atoms with Crippen molar-refractivity contribution in [3.05, 3.63) is 22.4 Å². The lowest BCUT2D eigenvalue weighted by Gasteiger charge is -2.12. The molecule has 1 heterocycles. The number of rotatable bonds is 5. The van der Waals surface area contributed by atoms with Crippen molar-refractivity contribution in [3.63, 3.8) is 0 Å². The van der Waals surface area contributed by atoms with Crippen LogP contribution in [0, 0.1) is 0 Å². The average Bonchev–Trinajstić information content (AvgIpc) is 2.67. The van der Waals surface area contributed by atoms with E-state index in [-0.39, 0.29) is 12.6 Å². The van der Waals surface area contributed by atoms with Gasteiger partial charge >= 0.3 is 12.0 Å². The Hall–Kier alpha value is -1.56. The Bertz CT molecular complexity index is 351. The zero-order valence-corrected chi connectivity index (χ0v) is 9.71. The number of amides is 2. The summed E-state index contributed by atoms with van der Waals surface area (Å²) in [7, 11) is 0. The summed E-state index contributed by atoms with van der Waals surface area (Å²) in [6.45, 7) is 1.51. The Morgan fingerprint density at radius 1 is 1.56 bits per heavy atom. The van der Waals surface area contributed by atoms with Gasteiger partial charge in [-0.15, -0.1) is 11.3 Å². The van der Waals surface area contributed by atoms with Crippen LogP contribution in [0.25, 0.3) is 0 Å². The normalized spacial score (nSPS) is 11.8. The molecule has 0 spiro atoms. The van der Waals surface area contributed by atoms with E-state index in [9.17, 15) is 9.59 Å². The van der Waals surface area contributed by atoms with Gasteiger partial charge in [-0.1, -0.05) is 6.07 Å². The van der Waals surface area contributed by atoms with E-state index >= 15 is 0 Å². The van der Waals surface area contributed by atoms with Crippen molar-refractivity contribution in [1.82, 2.24) is 10.6 Å². The molecule has 6 heteroatoms. The van der Waals surface area contributed by atoms with Crippen molar-refractivity contribution in [1.29, 1.82) is 0 Å². The van der Waals surface area contributed by atoms with E-state index in [1.54, 1.807) is 11.3 Å². The first-order valence-corrected chi connectivity index (χ1v) is 5.74. The second-order valence-corrected chi connectivity index (χ2v) is 4.44. The fraction of sp³-hybridized carbons (Fsp3) is 0.400. The first-order valence-electron chi connectivity index (χ1n) is 4.86. The number of thiophene rings is 1. The Kier molecular flexibility index (Phi) is 4.78. The van der Waals surface area contributed by atoms with Gasteiger partial charge in [0.25, 0.3) is 0 Å². The highest BCUT2D eigenvalue weighted by atomic mass is 32.1. The molecule has 88 valence electrons. The molecular formula is C10H14N2O3S. The second kappa shape index (κ2) is 6.12. The molecule has 0 saturated carbocycles. The Morgan fingerprint density at radius 3 is 2.88 bits per heavy atom. The first-order chi connectivity index (χ1) is 7.58. The van der Waals surface area contributed by atoms with Crippen LogP contribution in [0.2, 0.25) is 0 Å². The van der Waals surface area contributed by atoms with Crippen LogP contribution in [0.3, 0.4) is 0 Å². The van der Waals surface area contributed by atoms with Gasteiger partial charge in [-0.05, 0) is 18.4 Å². The van der Waals surface area contributed by atoms with Crippen LogP contribution in [0.15, 0.2) is 17.5 Å². The maximum absolute atomic E-state index is 11.2. The van der Waals surface area contributed by atoms with Gasteiger partial charge in [0.1, 0.15) is 6.54 Å². The number of carbonyl (C=O) groups is 2. The van der Waals surface area contributed by atoms with Crippen molar-refractivity contribution in [2.45, 2.75) is 19.4 Å². The third kappa shape index (κ3) is 4.79. The molecule has 0 aliphatic carbocycles. The van der Waals surface area contributed by atoms with E-state index in [4.69, 9.17) is 5.11 Å². The topological polar surface area (TPSA) is 78.4 Å². The maximum Gasteiger partial charge on any atom is 0.323 e. The zero-order valence-electron chi connectivity index (χ0n) is 8.90. The van der Waals surface area contributed by atoms with Crippen LogP contribution in [-0.4, -0.2) is 29.7 Å². The SMILES string of the molecule is CC(Cc1cccs1)NC(=O)NCC(=O)O. The molecule has 0 aromatic carbocycles. The highest BCUT2D eigenvalue weighted by Gasteiger charge is 2.08. The van der Waals surface area contributed by atoms with E-state index in [0.29, 0.717) is 0 Å². The number of carboxylic acids is 1. The minimum atomic E-state index is -1.05. The third-order valence-corrected chi connectivity index (χ3v) is 2.76.